The first-order chi connectivity index (χ1) is 18.2. The lowest BCUT2D eigenvalue weighted by molar-refractivity contribution is 0.0668. The second kappa shape index (κ2) is 12.6. The molecule has 1 aromatic heterocycles. The summed E-state index contributed by atoms with van der Waals surface area (Å²) in [4.78, 5) is 19.2. The van der Waals surface area contributed by atoms with Gasteiger partial charge in [-0.3, -0.25) is 4.79 Å². The normalized spacial score (nSPS) is 15.6. The van der Waals surface area contributed by atoms with E-state index in [-0.39, 0.29) is 59.6 Å². The fourth-order valence-electron chi connectivity index (χ4n) is 4.32. The number of imidazole rings is 1. The molecule has 3 aromatic rings. The standard InChI is InChI=1S/C26H28Cl2FN3O5S/c1-36-12-10-31(25(33)22-9-8-19(27)13-23(22)28)15-20-14-30-26(32(20)16-21-6-4-11-37-21)38(34,35)17-18-5-2-3-7-24(18)29/h2-3,5,7-9,13-14,21H,4,6,10-12,15-17H2,1H3/t21-/m0/s1. The van der Waals surface area contributed by atoms with Crippen LogP contribution in [0.25, 0.3) is 0 Å². The number of sulfone groups is 1. The van der Waals surface area contributed by atoms with Crippen molar-refractivity contribution in [3.8, 4) is 0 Å². The van der Waals surface area contributed by atoms with Gasteiger partial charge in [-0.1, -0.05) is 41.4 Å². The highest BCUT2D eigenvalue weighted by atomic mass is 35.5. The van der Waals surface area contributed by atoms with Gasteiger partial charge in [-0.2, -0.15) is 0 Å². The van der Waals surface area contributed by atoms with Crippen LogP contribution >= 0.6 is 23.2 Å². The van der Waals surface area contributed by atoms with Crippen molar-refractivity contribution in [3.63, 3.8) is 0 Å². The van der Waals surface area contributed by atoms with E-state index in [1.54, 1.807) is 22.8 Å². The molecule has 1 fully saturated rings. The lowest BCUT2D eigenvalue weighted by Crippen LogP contribution is -2.35. The van der Waals surface area contributed by atoms with Crippen molar-refractivity contribution in [2.24, 2.45) is 0 Å². The van der Waals surface area contributed by atoms with Gasteiger partial charge in [0.15, 0.2) is 0 Å². The number of hydrogen-bond acceptors (Lipinski definition) is 6. The quantitative estimate of drug-likeness (QED) is 0.323. The van der Waals surface area contributed by atoms with E-state index in [0.29, 0.717) is 17.3 Å². The molecule has 0 N–H and O–H groups in total. The van der Waals surface area contributed by atoms with Crippen LogP contribution in [0.15, 0.2) is 53.8 Å². The topological polar surface area (TPSA) is 90.7 Å². The molecule has 2 aromatic carbocycles. The molecule has 1 aliphatic rings. The zero-order chi connectivity index (χ0) is 27.3. The van der Waals surface area contributed by atoms with Gasteiger partial charge in [-0.15, -0.1) is 0 Å². The summed E-state index contributed by atoms with van der Waals surface area (Å²) >= 11 is 12.3. The molecule has 0 bridgehead atoms. The maximum Gasteiger partial charge on any atom is 0.255 e. The Hall–Kier alpha value is -2.50. The molecule has 1 saturated heterocycles. The second-order valence-corrected chi connectivity index (χ2v) is 11.7. The Morgan fingerprint density at radius 2 is 2.05 bits per heavy atom. The Morgan fingerprint density at radius 3 is 2.74 bits per heavy atom. The summed E-state index contributed by atoms with van der Waals surface area (Å²) in [5.74, 6) is -1.52. The van der Waals surface area contributed by atoms with Gasteiger partial charge in [0, 0.05) is 30.8 Å². The van der Waals surface area contributed by atoms with Crippen LogP contribution in [0.5, 0.6) is 0 Å². The third-order valence-corrected chi connectivity index (χ3v) is 8.38. The van der Waals surface area contributed by atoms with Gasteiger partial charge >= 0.3 is 0 Å². The van der Waals surface area contributed by atoms with Gasteiger partial charge in [-0.05, 0) is 37.1 Å². The number of rotatable bonds is 11. The molecular weight excluding hydrogens is 556 g/mol. The largest absolute Gasteiger partial charge is 0.383 e. The maximum atomic E-state index is 14.3. The average Bonchev–Trinajstić information content (AvgIpc) is 3.53. The van der Waals surface area contributed by atoms with E-state index >= 15 is 0 Å². The highest BCUT2D eigenvalue weighted by molar-refractivity contribution is 7.90. The van der Waals surface area contributed by atoms with Crippen LogP contribution in [0.3, 0.4) is 0 Å². The first kappa shape index (κ1) is 28.5. The van der Waals surface area contributed by atoms with Crippen molar-refractivity contribution in [2.45, 2.75) is 42.9 Å². The molecule has 38 heavy (non-hydrogen) atoms. The van der Waals surface area contributed by atoms with Crippen molar-refractivity contribution in [1.82, 2.24) is 14.5 Å². The van der Waals surface area contributed by atoms with E-state index < -0.39 is 21.4 Å². The van der Waals surface area contributed by atoms with E-state index in [9.17, 15) is 17.6 Å². The molecule has 2 heterocycles. The number of halogens is 3. The first-order valence-corrected chi connectivity index (χ1v) is 14.5. The molecule has 204 valence electrons. The van der Waals surface area contributed by atoms with E-state index in [1.165, 1.54) is 42.5 Å². The number of carbonyl (C=O) groups excluding carboxylic acids is 1. The minimum Gasteiger partial charge on any atom is -0.383 e. The Labute approximate surface area is 231 Å². The van der Waals surface area contributed by atoms with Gasteiger partial charge < -0.3 is 18.9 Å². The molecule has 0 spiro atoms. The Kier molecular flexibility index (Phi) is 9.43. The van der Waals surface area contributed by atoms with E-state index in [4.69, 9.17) is 32.7 Å². The Bertz CT molecular complexity index is 1390. The summed E-state index contributed by atoms with van der Waals surface area (Å²) in [6.07, 6.45) is 2.84. The average molecular weight is 584 g/mol. The molecule has 0 saturated carbocycles. The predicted molar refractivity (Wildman–Crippen MR) is 142 cm³/mol. The summed E-state index contributed by atoms with van der Waals surface area (Å²) in [7, 11) is -2.51. The number of ether oxygens (including phenoxy) is 2. The summed E-state index contributed by atoms with van der Waals surface area (Å²) in [6.45, 7) is 1.32. The zero-order valence-electron chi connectivity index (χ0n) is 20.8. The minimum atomic E-state index is -4.03. The fraction of sp³-hybridized carbons (Fsp3) is 0.385. The molecule has 0 unspecified atom stereocenters. The maximum absolute atomic E-state index is 14.3. The van der Waals surface area contributed by atoms with Gasteiger partial charge in [0.2, 0.25) is 15.0 Å². The molecule has 1 aliphatic heterocycles. The third kappa shape index (κ3) is 6.73. The van der Waals surface area contributed by atoms with Crippen LogP contribution in [0.2, 0.25) is 10.0 Å². The van der Waals surface area contributed by atoms with Gasteiger partial charge in [0.25, 0.3) is 5.91 Å². The van der Waals surface area contributed by atoms with E-state index in [1.807, 2.05) is 0 Å². The van der Waals surface area contributed by atoms with Gasteiger partial charge in [0.1, 0.15) is 5.82 Å². The molecule has 0 aliphatic carbocycles. The molecule has 4 rings (SSSR count). The number of methoxy groups -OCH3 is 1. The Morgan fingerprint density at radius 1 is 1.26 bits per heavy atom. The monoisotopic (exact) mass is 583 g/mol. The van der Waals surface area contributed by atoms with E-state index in [0.717, 1.165) is 12.8 Å². The first-order valence-electron chi connectivity index (χ1n) is 12.0. The molecule has 1 amide bonds. The van der Waals surface area contributed by atoms with Crippen molar-refractivity contribution in [1.29, 1.82) is 0 Å². The van der Waals surface area contributed by atoms with Crippen LogP contribution in [0, 0.1) is 5.82 Å². The number of benzene rings is 2. The number of hydrogen-bond donors (Lipinski definition) is 0. The SMILES string of the molecule is COCCN(Cc1cnc(S(=O)(=O)Cc2ccccc2F)n1C[C@@H]1CCCO1)C(=O)c1ccc(Cl)cc1Cl. The Balaban J connectivity index is 1.69. The van der Waals surface area contributed by atoms with Crippen molar-refractivity contribution in [2.75, 3.05) is 26.9 Å². The highest BCUT2D eigenvalue weighted by Gasteiger charge is 2.29. The zero-order valence-corrected chi connectivity index (χ0v) is 23.1. The minimum absolute atomic E-state index is 0.0378. The summed E-state index contributed by atoms with van der Waals surface area (Å²) in [5.41, 5.74) is 0.793. The number of carbonyl (C=O) groups is 1. The molecule has 8 nitrogen and oxygen atoms in total. The molecule has 1 atom stereocenters. The van der Waals surface area contributed by atoms with E-state index in [2.05, 4.69) is 4.98 Å². The highest BCUT2D eigenvalue weighted by Crippen LogP contribution is 2.26. The molecule has 12 heteroatoms. The molecular formula is C26H28Cl2FN3O5S. The van der Waals surface area contributed by atoms with Crippen LogP contribution in [-0.4, -0.2) is 61.7 Å². The van der Waals surface area contributed by atoms with Crippen LogP contribution in [0.1, 0.15) is 34.5 Å². The van der Waals surface area contributed by atoms with Crippen molar-refractivity contribution >= 4 is 38.9 Å². The van der Waals surface area contributed by atoms with Crippen LogP contribution in [-0.2, 0) is 38.2 Å². The second-order valence-electron chi connectivity index (χ2n) is 8.97. The number of aromatic nitrogens is 2. The lowest BCUT2D eigenvalue weighted by Gasteiger charge is -2.24. The van der Waals surface area contributed by atoms with Gasteiger partial charge in [-0.25, -0.2) is 17.8 Å². The summed E-state index contributed by atoms with van der Waals surface area (Å²) in [6, 6.07) is 10.3. The fourth-order valence-corrected chi connectivity index (χ4v) is 6.32. The molecule has 0 radical (unpaired) electrons. The predicted octanol–water partition coefficient (Wildman–Crippen LogP) is 4.77. The smallest absolute Gasteiger partial charge is 0.255 e. The van der Waals surface area contributed by atoms with Crippen molar-refractivity contribution < 1.29 is 27.1 Å². The number of amides is 1. The summed E-state index contributed by atoms with van der Waals surface area (Å²) in [5, 5.41) is 0.398. The summed E-state index contributed by atoms with van der Waals surface area (Å²) < 4.78 is 53.7. The number of nitrogens with zero attached hydrogens (tertiary/aromatic N) is 3. The van der Waals surface area contributed by atoms with Gasteiger partial charge in [0.05, 0.1) is 54.0 Å². The third-order valence-electron chi connectivity index (χ3n) is 6.26. The van der Waals surface area contributed by atoms with Crippen molar-refractivity contribution in [3.05, 3.63) is 81.3 Å². The lowest BCUT2D eigenvalue weighted by atomic mass is 10.2. The van der Waals surface area contributed by atoms with Crippen LogP contribution in [0.4, 0.5) is 4.39 Å². The van der Waals surface area contributed by atoms with Crippen LogP contribution < -0.4 is 0 Å².